The van der Waals surface area contributed by atoms with Gasteiger partial charge in [0.15, 0.2) is 0 Å². The number of hydrogen-bond donors (Lipinski definition) is 0. The van der Waals surface area contributed by atoms with Crippen LogP contribution in [0.25, 0.3) is 0 Å². The molecule has 9 heavy (non-hydrogen) atoms. The zero-order valence-electron chi connectivity index (χ0n) is 6.02. The van der Waals surface area contributed by atoms with Crippen molar-refractivity contribution in [1.82, 2.24) is 0 Å². The molecule has 0 aromatic rings. The molecule has 1 aliphatic rings. The molecular formula is C8H13Cl. The van der Waals surface area contributed by atoms with Crippen molar-refractivity contribution in [3.8, 4) is 0 Å². The molecule has 0 aromatic heterocycles. The molecule has 0 radical (unpaired) electrons. The molecule has 1 aliphatic carbocycles. The summed E-state index contributed by atoms with van der Waals surface area (Å²) in [5.74, 6) is 0.703. The standard InChI is InChI=1S/C8H13Cl/c1-6(2)7-3-4-8(9)5-7/h3,6,8H,4-5H2,1-2H3. The normalized spacial score (nSPS) is 27.1. The van der Waals surface area contributed by atoms with Crippen molar-refractivity contribution in [2.45, 2.75) is 32.1 Å². The topological polar surface area (TPSA) is 0 Å². The summed E-state index contributed by atoms with van der Waals surface area (Å²) < 4.78 is 0. The molecule has 0 amide bonds. The fourth-order valence-corrected chi connectivity index (χ4v) is 1.44. The lowest BCUT2D eigenvalue weighted by Crippen LogP contribution is -1.94. The van der Waals surface area contributed by atoms with Crippen LogP contribution in [-0.4, -0.2) is 5.38 Å². The minimum atomic E-state index is 0.391. The van der Waals surface area contributed by atoms with Gasteiger partial charge >= 0.3 is 0 Å². The fraction of sp³-hybridized carbons (Fsp3) is 0.750. The second kappa shape index (κ2) is 2.74. The highest BCUT2D eigenvalue weighted by Gasteiger charge is 2.15. The minimum Gasteiger partial charge on any atom is -0.122 e. The molecule has 1 heteroatoms. The maximum absolute atomic E-state index is 5.90. The average Bonchev–Trinajstić information content (AvgIpc) is 2.14. The number of rotatable bonds is 1. The van der Waals surface area contributed by atoms with E-state index in [2.05, 4.69) is 19.9 Å². The Morgan fingerprint density at radius 3 is 2.56 bits per heavy atom. The first-order chi connectivity index (χ1) is 4.20. The fourth-order valence-electron chi connectivity index (χ4n) is 1.17. The molecule has 52 valence electrons. The summed E-state index contributed by atoms with van der Waals surface area (Å²) in [5.41, 5.74) is 1.54. The lowest BCUT2D eigenvalue weighted by Gasteiger charge is -2.04. The number of allylic oxidation sites excluding steroid dienone is 2. The van der Waals surface area contributed by atoms with Gasteiger partial charge < -0.3 is 0 Å². The lowest BCUT2D eigenvalue weighted by molar-refractivity contribution is 0.728. The van der Waals surface area contributed by atoms with E-state index in [0.29, 0.717) is 11.3 Å². The average molecular weight is 145 g/mol. The van der Waals surface area contributed by atoms with Crippen molar-refractivity contribution in [2.75, 3.05) is 0 Å². The van der Waals surface area contributed by atoms with E-state index in [0.717, 1.165) is 12.8 Å². The molecule has 0 nitrogen and oxygen atoms in total. The van der Waals surface area contributed by atoms with Crippen molar-refractivity contribution in [3.05, 3.63) is 11.6 Å². The van der Waals surface area contributed by atoms with Crippen LogP contribution in [-0.2, 0) is 0 Å². The summed E-state index contributed by atoms with van der Waals surface area (Å²) in [6.07, 6.45) is 4.47. The molecule has 0 saturated carbocycles. The van der Waals surface area contributed by atoms with E-state index < -0.39 is 0 Å². The molecular weight excluding hydrogens is 132 g/mol. The van der Waals surface area contributed by atoms with Crippen LogP contribution in [0.2, 0.25) is 0 Å². The first kappa shape index (κ1) is 7.14. The molecule has 0 aliphatic heterocycles. The molecule has 0 heterocycles. The van der Waals surface area contributed by atoms with Crippen LogP contribution < -0.4 is 0 Å². The molecule has 0 N–H and O–H groups in total. The SMILES string of the molecule is CC(C)C1=CCC(Cl)C1. The third-order valence-corrected chi connectivity index (χ3v) is 2.17. The van der Waals surface area contributed by atoms with Gasteiger partial charge in [0.25, 0.3) is 0 Å². The first-order valence-corrected chi connectivity index (χ1v) is 3.97. The molecule has 0 aromatic carbocycles. The monoisotopic (exact) mass is 144 g/mol. The summed E-state index contributed by atoms with van der Waals surface area (Å²) in [4.78, 5) is 0. The summed E-state index contributed by atoms with van der Waals surface area (Å²) in [7, 11) is 0. The third-order valence-electron chi connectivity index (χ3n) is 1.83. The van der Waals surface area contributed by atoms with Gasteiger partial charge in [0, 0.05) is 5.38 Å². The van der Waals surface area contributed by atoms with E-state index in [-0.39, 0.29) is 0 Å². The number of halogens is 1. The van der Waals surface area contributed by atoms with Crippen LogP contribution in [0, 0.1) is 5.92 Å². The highest BCUT2D eigenvalue weighted by atomic mass is 35.5. The molecule has 0 fully saturated rings. The highest BCUT2D eigenvalue weighted by Crippen LogP contribution is 2.28. The van der Waals surface area contributed by atoms with Gasteiger partial charge in [-0.2, -0.15) is 0 Å². The predicted octanol–water partition coefficient (Wildman–Crippen LogP) is 2.97. The predicted molar refractivity (Wildman–Crippen MR) is 41.8 cm³/mol. The Balaban J connectivity index is 2.45. The number of alkyl halides is 1. The van der Waals surface area contributed by atoms with Gasteiger partial charge in [0.2, 0.25) is 0 Å². The first-order valence-electron chi connectivity index (χ1n) is 3.53. The second-order valence-electron chi connectivity index (χ2n) is 2.97. The van der Waals surface area contributed by atoms with Gasteiger partial charge in [0.05, 0.1) is 0 Å². The van der Waals surface area contributed by atoms with Crippen LogP contribution in [0.1, 0.15) is 26.7 Å². The summed E-state index contributed by atoms with van der Waals surface area (Å²) in [6.45, 7) is 4.45. The van der Waals surface area contributed by atoms with Crippen LogP contribution >= 0.6 is 11.6 Å². The van der Waals surface area contributed by atoms with E-state index in [1.807, 2.05) is 0 Å². The van der Waals surface area contributed by atoms with E-state index in [1.54, 1.807) is 0 Å². The zero-order valence-corrected chi connectivity index (χ0v) is 6.78. The Kier molecular flexibility index (Phi) is 2.18. The third kappa shape index (κ3) is 1.72. The molecule has 0 spiro atoms. The van der Waals surface area contributed by atoms with Gasteiger partial charge in [-0.1, -0.05) is 25.5 Å². The van der Waals surface area contributed by atoms with Crippen molar-refractivity contribution in [1.29, 1.82) is 0 Å². The highest BCUT2D eigenvalue weighted by molar-refractivity contribution is 6.21. The maximum atomic E-state index is 5.90. The Hall–Kier alpha value is 0.0300. The van der Waals surface area contributed by atoms with Crippen molar-refractivity contribution in [3.63, 3.8) is 0 Å². The molecule has 0 saturated heterocycles. The van der Waals surface area contributed by atoms with Crippen molar-refractivity contribution >= 4 is 11.6 Å². The molecule has 1 rings (SSSR count). The Labute approximate surface area is 61.9 Å². The molecule has 1 atom stereocenters. The van der Waals surface area contributed by atoms with Crippen LogP contribution in [0.15, 0.2) is 11.6 Å². The van der Waals surface area contributed by atoms with Gasteiger partial charge in [-0.15, -0.1) is 11.6 Å². The van der Waals surface area contributed by atoms with Gasteiger partial charge in [-0.3, -0.25) is 0 Å². The molecule has 0 bridgehead atoms. The van der Waals surface area contributed by atoms with E-state index in [4.69, 9.17) is 11.6 Å². The summed E-state index contributed by atoms with van der Waals surface area (Å²) in [5, 5.41) is 0.391. The maximum Gasteiger partial charge on any atom is 0.0407 e. The Morgan fingerprint density at radius 1 is 1.67 bits per heavy atom. The summed E-state index contributed by atoms with van der Waals surface area (Å²) in [6, 6.07) is 0. The van der Waals surface area contributed by atoms with E-state index >= 15 is 0 Å². The van der Waals surface area contributed by atoms with Crippen LogP contribution in [0.3, 0.4) is 0 Å². The van der Waals surface area contributed by atoms with Crippen molar-refractivity contribution in [2.24, 2.45) is 5.92 Å². The minimum absolute atomic E-state index is 0.391. The van der Waals surface area contributed by atoms with Crippen molar-refractivity contribution < 1.29 is 0 Å². The van der Waals surface area contributed by atoms with Gasteiger partial charge in [0.1, 0.15) is 0 Å². The Morgan fingerprint density at radius 2 is 2.33 bits per heavy atom. The smallest absolute Gasteiger partial charge is 0.0407 e. The largest absolute Gasteiger partial charge is 0.122 e. The Bertz CT molecular complexity index is 125. The van der Waals surface area contributed by atoms with Crippen LogP contribution in [0.5, 0.6) is 0 Å². The summed E-state index contributed by atoms with van der Waals surface area (Å²) >= 11 is 5.90. The van der Waals surface area contributed by atoms with E-state index in [1.165, 1.54) is 5.57 Å². The zero-order chi connectivity index (χ0) is 6.85. The van der Waals surface area contributed by atoms with Gasteiger partial charge in [-0.05, 0) is 18.8 Å². The van der Waals surface area contributed by atoms with Crippen LogP contribution in [0.4, 0.5) is 0 Å². The lowest BCUT2D eigenvalue weighted by atomic mass is 10.0. The van der Waals surface area contributed by atoms with Gasteiger partial charge in [-0.25, -0.2) is 0 Å². The van der Waals surface area contributed by atoms with E-state index in [9.17, 15) is 0 Å². The molecule has 1 unspecified atom stereocenters. The number of hydrogen-bond acceptors (Lipinski definition) is 0. The second-order valence-corrected chi connectivity index (χ2v) is 3.59. The quantitative estimate of drug-likeness (QED) is 0.392.